The Morgan fingerprint density at radius 2 is 1.76 bits per heavy atom. The highest BCUT2D eigenvalue weighted by molar-refractivity contribution is 5.36. The van der Waals surface area contributed by atoms with Crippen LogP contribution in [0.4, 0.5) is 0 Å². The van der Waals surface area contributed by atoms with Gasteiger partial charge in [0, 0.05) is 25.0 Å². The molecule has 29 heavy (non-hydrogen) atoms. The number of hydrogen-bond donors (Lipinski definition) is 2. The molecule has 1 saturated heterocycles. The first kappa shape index (κ1) is 19.2. The van der Waals surface area contributed by atoms with Crippen LogP contribution in [0.15, 0.2) is 40.1 Å². The van der Waals surface area contributed by atoms with Gasteiger partial charge < -0.3 is 9.22 Å². The summed E-state index contributed by atoms with van der Waals surface area (Å²) in [6, 6.07) is 6.78. The van der Waals surface area contributed by atoms with Crippen LogP contribution in [-0.2, 0) is 6.54 Å². The lowest BCUT2D eigenvalue weighted by Gasteiger charge is -2.36. The molecule has 10 heteroatoms. The maximum Gasteiger partial charge on any atom is 0.348 e. The van der Waals surface area contributed by atoms with Gasteiger partial charge in [0.25, 0.3) is 0 Å². The molecule has 10 nitrogen and oxygen atoms in total. The highest BCUT2D eigenvalue weighted by atomic mass is 16.5. The third kappa shape index (κ3) is 4.32. The van der Waals surface area contributed by atoms with E-state index in [9.17, 15) is 9.59 Å². The van der Waals surface area contributed by atoms with E-state index >= 15 is 0 Å². The average molecular weight is 400 g/mol. The summed E-state index contributed by atoms with van der Waals surface area (Å²) >= 11 is 0. The van der Waals surface area contributed by atoms with Gasteiger partial charge in [0.1, 0.15) is 12.4 Å². The molecular weight excluding hydrogens is 374 g/mol. The molecule has 0 unspecified atom stereocenters. The number of piperidine rings is 1. The number of aromatic nitrogens is 6. The van der Waals surface area contributed by atoms with E-state index in [1.807, 2.05) is 10.9 Å². The van der Waals surface area contributed by atoms with Gasteiger partial charge in [0.05, 0.1) is 45.1 Å². The van der Waals surface area contributed by atoms with Crippen LogP contribution in [0.2, 0.25) is 0 Å². The summed E-state index contributed by atoms with van der Waals surface area (Å²) < 4.78 is 9.66. The maximum absolute atomic E-state index is 11.6. The largest absolute Gasteiger partial charge is 0.492 e. The van der Waals surface area contributed by atoms with Crippen molar-refractivity contribution in [1.29, 1.82) is 0 Å². The second-order valence-corrected chi connectivity index (χ2v) is 8.10. The van der Waals surface area contributed by atoms with Gasteiger partial charge in [-0.1, -0.05) is 5.21 Å². The van der Waals surface area contributed by atoms with Crippen LogP contribution in [0.3, 0.4) is 0 Å². The molecule has 0 atom stereocenters. The SMILES string of the molecule is C[N+]1(C)CCC(c2cn(CCOc3ccc(-n4c(=O)[nH][nH]c4=O)cc3)nn2)CC1. The Bertz CT molecular complexity index is 1040. The predicted octanol–water partition coefficient (Wildman–Crippen LogP) is 0.478. The number of ether oxygens (including phenoxy) is 1. The Morgan fingerprint density at radius 1 is 1.10 bits per heavy atom. The quantitative estimate of drug-likeness (QED) is 0.585. The number of likely N-dealkylation sites (tertiary alicyclic amines) is 1. The maximum atomic E-state index is 11.6. The normalized spacial score (nSPS) is 16.8. The molecule has 1 aliphatic rings. The summed E-state index contributed by atoms with van der Waals surface area (Å²) in [4.78, 5) is 23.3. The molecule has 3 aromatic rings. The highest BCUT2D eigenvalue weighted by Crippen LogP contribution is 2.28. The zero-order valence-electron chi connectivity index (χ0n) is 16.7. The lowest BCUT2D eigenvalue weighted by molar-refractivity contribution is -0.895. The summed E-state index contributed by atoms with van der Waals surface area (Å²) in [5.41, 5.74) is 0.522. The molecule has 0 amide bonds. The molecule has 2 N–H and O–H groups in total. The third-order valence-electron chi connectivity index (χ3n) is 5.51. The summed E-state index contributed by atoms with van der Waals surface area (Å²) in [7, 11) is 4.54. The summed E-state index contributed by atoms with van der Waals surface area (Å²) in [5, 5.41) is 13.1. The monoisotopic (exact) mass is 400 g/mol. The number of rotatable bonds is 6. The topological polar surface area (TPSA) is 111 Å². The Morgan fingerprint density at radius 3 is 2.41 bits per heavy atom. The number of H-pyrrole nitrogens is 2. The fraction of sp³-hybridized carbons (Fsp3) is 0.474. The van der Waals surface area contributed by atoms with Crippen molar-refractivity contribution in [3.8, 4) is 11.4 Å². The van der Waals surface area contributed by atoms with Crippen LogP contribution in [0.25, 0.3) is 5.69 Å². The first-order chi connectivity index (χ1) is 13.9. The smallest absolute Gasteiger partial charge is 0.348 e. The molecule has 1 aromatic carbocycles. The van der Waals surface area contributed by atoms with Gasteiger partial charge in [-0.3, -0.25) is 0 Å². The Labute approximate surface area is 167 Å². The van der Waals surface area contributed by atoms with Crippen LogP contribution >= 0.6 is 0 Å². The first-order valence-corrected chi connectivity index (χ1v) is 9.76. The zero-order chi connectivity index (χ0) is 20.4. The van der Waals surface area contributed by atoms with Crippen LogP contribution in [0.5, 0.6) is 5.75 Å². The zero-order valence-corrected chi connectivity index (χ0v) is 16.7. The Kier molecular flexibility index (Phi) is 5.10. The molecule has 1 aliphatic heterocycles. The third-order valence-corrected chi connectivity index (χ3v) is 5.51. The van der Waals surface area contributed by atoms with Gasteiger partial charge in [0.15, 0.2) is 0 Å². The van der Waals surface area contributed by atoms with Crippen molar-refractivity contribution in [3.05, 3.63) is 57.1 Å². The molecule has 1 fully saturated rings. The predicted molar refractivity (Wildman–Crippen MR) is 106 cm³/mol. The van der Waals surface area contributed by atoms with Crippen LogP contribution in [-0.4, -0.2) is 68.0 Å². The van der Waals surface area contributed by atoms with Crippen molar-refractivity contribution >= 4 is 0 Å². The van der Waals surface area contributed by atoms with E-state index in [-0.39, 0.29) is 0 Å². The van der Waals surface area contributed by atoms with Gasteiger partial charge in [-0.15, -0.1) is 5.10 Å². The van der Waals surface area contributed by atoms with E-state index in [4.69, 9.17) is 4.74 Å². The van der Waals surface area contributed by atoms with Gasteiger partial charge >= 0.3 is 11.4 Å². The van der Waals surface area contributed by atoms with Crippen molar-refractivity contribution in [2.24, 2.45) is 0 Å². The van der Waals surface area contributed by atoms with E-state index < -0.39 is 11.4 Å². The molecule has 0 aliphatic carbocycles. The minimum atomic E-state index is -0.508. The van der Waals surface area contributed by atoms with Crippen LogP contribution < -0.4 is 16.1 Å². The van der Waals surface area contributed by atoms with Gasteiger partial charge in [-0.25, -0.2) is 29.0 Å². The lowest BCUT2D eigenvalue weighted by atomic mass is 9.93. The molecule has 154 valence electrons. The summed E-state index contributed by atoms with van der Waals surface area (Å²) in [6.07, 6.45) is 4.30. The van der Waals surface area contributed by atoms with E-state index in [2.05, 4.69) is 34.6 Å². The Balaban J connectivity index is 1.30. The van der Waals surface area contributed by atoms with Crippen molar-refractivity contribution in [3.63, 3.8) is 0 Å². The summed E-state index contributed by atoms with van der Waals surface area (Å²) in [6.45, 7) is 3.37. The molecule has 0 bridgehead atoms. The second kappa shape index (κ2) is 7.70. The molecule has 0 saturated carbocycles. The van der Waals surface area contributed by atoms with E-state index in [0.717, 1.165) is 40.7 Å². The summed E-state index contributed by atoms with van der Waals surface area (Å²) in [5.74, 6) is 1.14. The van der Waals surface area contributed by atoms with Crippen molar-refractivity contribution in [2.45, 2.75) is 25.3 Å². The number of benzene rings is 1. The minimum Gasteiger partial charge on any atom is -0.492 e. The van der Waals surface area contributed by atoms with E-state index in [1.54, 1.807) is 24.3 Å². The second-order valence-electron chi connectivity index (χ2n) is 8.10. The van der Waals surface area contributed by atoms with Crippen molar-refractivity contribution in [2.75, 3.05) is 33.8 Å². The molecule has 0 radical (unpaired) electrons. The Hall–Kier alpha value is -3.14. The first-order valence-electron chi connectivity index (χ1n) is 9.76. The fourth-order valence-corrected chi connectivity index (χ4v) is 3.67. The van der Waals surface area contributed by atoms with Gasteiger partial charge in [-0.05, 0) is 24.3 Å². The number of quaternary nitrogens is 1. The number of nitrogens with zero attached hydrogens (tertiary/aromatic N) is 5. The molecule has 4 rings (SSSR count). The van der Waals surface area contributed by atoms with E-state index in [1.165, 1.54) is 0 Å². The molecule has 0 spiro atoms. The molecule has 2 aromatic heterocycles. The van der Waals surface area contributed by atoms with E-state index in [0.29, 0.717) is 30.5 Å². The van der Waals surface area contributed by atoms with Gasteiger partial charge in [0.2, 0.25) is 0 Å². The standard InChI is InChI=1S/C19H25N7O3/c1-26(2)10-7-14(8-11-26)17-13-24(23-20-17)9-12-29-16-5-3-15(4-6-16)25-18(27)21-22-19(25)28/h3-6,13-14H,7-12H2,1-2H3,(H-,20,21,22,23,27,28)/p+1. The molecule has 3 heterocycles. The fourth-order valence-electron chi connectivity index (χ4n) is 3.67. The molecular formula is C19H26N7O3+. The van der Waals surface area contributed by atoms with Crippen LogP contribution in [0.1, 0.15) is 24.5 Å². The number of hydrogen-bond acceptors (Lipinski definition) is 5. The lowest BCUT2D eigenvalue weighted by Crippen LogP contribution is -2.45. The van der Waals surface area contributed by atoms with Crippen molar-refractivity contribution < 1.29 is 9.22 Å². The number of nitrogens with one attached hydrogen (secondary N) is 2. The number of aromatic amines is 2. The van der Waals surface area contributed by atoms with Gasteiger partial charge in [-0.2, -0.15) is 0 Å². The highest BCUT2D eigenvalue weighted by Gasteiger charge is 2.28. The minimum absolute atomic E-state index is 0.446. The average Bonchev–Trinajstić information content (AvgIpc) is 3.29. The van der Waals surface area contributed by atoms with Crippen molar-refractivity contribution in [1.82, 2.24) is 29.8 Å². The van der Waals surface area contributed by atoms with Crippen LogP contribution in [0, 0.1) is 0 Å².